The first-order valence-corrected chi connectivity index (χ1v) is 7.90. The average Bonchev–Trinajstić information content (AvgIpc) is 2.98. The number of carbonyl (C=O) groups is 2. The molecule has 0 unspecified atom stereocenters. The highest BCUT2D eigenvalue weighted by molar-refractivity contribution is 5.95. The smallest absolute Gasteiger partial charge is 0.329 e. The average molecular weight is 308 g/mol. The van der Waals surface area contributed by atoms with Crippen molar-refractivity contribution in [3.05, 3.63) is 17.5 Å². The van der Waals surface area contributed by atoms with Crippen molar-refractivity contribution in [1.82, 2.24) is 10.5 Å². The molecule has 2 N–H and O–H groups in total. The number of hydrogen-bond donors (Lipinski definition) is 2. The van der Waals surface area contributed by atoms with Gasteiger partial charge in [-0.15, -0.1) is 0 Å². The fourth-order valence-corrected chi connectivity index (χ4v) is 2.92. The van der Waals surface area contributed by atoms with Crippen molar-refractivity contribution in [3.63, 3.8) is 0 Å². The maximum atomic E-state index is 12.3. The van der Waals surface area contributed by atoms with Gasteiger partial charge in [0.2, 0.25) is 5.76 Å². The Morgan fingerprint density at radius 2 is 2.09 bits per heavy atom. The molecule has 22 heavy (non-hydrogen) atoms. The number of carboxylic acid groups (broad SMARTS) is 1. The Bertz CT molecular complexity index is 542. The molecule has 0 aliphatic heterocycles. The predicted octanol–water partition coefficient (Wildman–Crippen LogP) is 2.95. The molecule has 6 nitrogen and oxygen atoms in total. The highest BCUT2D eigenvalue weighted by Gasteiger charge is 2.43. The molecule has 1 aromatic heterocycles. The maximum Gasteiger partial charge on any atom is 0.329 e. The molecular formula is C16H24N2O4. The number of aromatic nitrogens is 1. The molecule has 1 amide bonds. The summed E-state index contributed by atoms with van der Waals surface area (Å²) >= 11 is 0. The Morgan fingerprint density at radius 3 is 2.55 bits per heavy atom. The van der Waals surface area contributed by atoms with Crippen molar-refractivity contribution in [3.8, 4) is 0 Å². The first-order valence-electron chi connectivity index (χ1n) is 7.90. The molecular weight excluding hydrogens is 284 g/mol. The first kappa shape index (κ1) is 16.5. The monoisotopic (exact) mass is 308 g/mol. The van der Waals surface area contributed by atoms with Gasteiger partial charge in [-0.3, -0.25) is 4.79 Å². The normalized spacial score (nSPS) is 25.2. The highest BCUT2D eigenvalue weighted by atomic mass is 16.5. The molecule has 1 saturated carbocycles. The summed E-state index contributed by atoms with van der Waals surface area (Å²) in [5.74, 6) is -0.710. The van der Waals surface area contributed by atoms with Gasteiger partial charge in [-0.05, 0) is 37.5 Å². The SMILES string of the molecule is CCC1CCC(NC(=O)c2cc(C(C)C)no2)(C(=O)O)CC1. The lowest BCUT2D eigenvalue weighted by molar-refractivity contribution is -0.146. The summed E-state index contributed by atoms with van der Waals surface area (Å²) in [7, 11) is 0. The predicted molar refractivity (Wildman–Crippen MR) is 80.7 cm³/mol. The van der Waals surface area contributed by atoms with E-state index in [4.69, 9.17) is 4.52 Å². The lowest BCUT2D eigenvalue weighted by Crippen LogP contribution is -2.56. The van der Waals surface area contributed by atoms with Crippen molar-refractivity contribution in [2.24, 2.45) is 5.92 Å². The van der Waals surface area contributed by atoms with Crippen LogP contribution >= 0.6 is 0 Å². The summed E-state index contributed by atoms with van der Waals surface area (Å²) in [5.41, 5.74) is -0.503. The van der Waals surface area contributed by atoms with Crippen LogP contribution in [0.5, 0.6) is 0 Å². The summed E-state index contributed by atoms with van der Waals surface area (Å²) < 4.78 is 5.04. The quantitative estimate of drug-likeness (QED) is 0.872. The van der Waals surface area contributed by atoms with E-state index in [0.29, 0.717) is 24.5 Å². The van der Waals surface area contributed by atoms with E-state index in [1.807, 2.05) is 13.8 Å². The molecule has 0 radical (unpaired) electrons. The summed E-state index contributed by atoms with van der Waals surface area (Å²) in [6, 6.07) is 1.58. The fraction of sp³-hybridized carbons (Fsp3) is 0.688. The van der Waals surface area contributed by atoms with Crippen LogP contribution in [0, 0.1) is 5.92 Å². The second kappa shape index (κ2) is 6.50. The number of carboxylic acids is 1. The zero-order chi connectivity index (χ0) is 16.3. The van der Waals surface area contributed by atoms with Crippen molar-refractivity contribution in [2.75, 3.05) is 0 Å². The molecule has 2 rings (SSSR count). The molecule has 1 heterocycles. The summed E-state index contributed by atoms with van der Waals surface area (Å²) in [6.07, 6.45) is 3.59. The van der Waals surface area contributed by atoms with Gasteiger partial charge >= 0.3 is 5.97 Å². The molecule has 1 fully saturated rings. The largest absolute Gasteiger partial charge is 0.480 e. The fourth-order valence-electron chi connectivity index (χ4n) is 2.92. The molecule has 0 aromatic carbocycles. The second-order valence-corrected chi connectivity index (χ2v) is 6.46. The Balaban J connectivity index is 2.11. The summed E-state index contributed by atoms with van der Waals surface area (Å²) in [5, 5.41) is 16.1. The first-order chi connectivity index (χ1) is 10.4. The zero-order valence-corrected chi connectivity index (χ0v) is 13.4. The Kier molecular flexibility index (Phi) is 4.88. The lowest BCUT2D eigenvalue weighted by atomic mass is 9.75. The van der Waals surface area contributed by atoms with E-state index in [2.05, 4.69) is 17.4 Å². The molecule has 122 valence electrons. The Hall–Kier alpha value is -1.85. The van der Waals surface area contributed by atoms with Crippen LogP contribution in [0.15, 0.2) is 10.6 Å². The van der Waals surface area contributed by atoms with Gasteiger partial charge < -0.3 is 14.9 Å². The third-order valence-electron chi connectivity index (χ3n) is 4.64. The van der Waals surface area contributed by atoms with E-state index in [1.54, 1.807) is 6.07 Å². The minimum atomic E-state index is -1.19. The third-order valence-corrected chi connectivity index (χ3v) is 4.64. The van der Waals surface area contributed by atoms with E-state index < -0.39 is 17.4 Å². The van der Waals surface area contributed by atoms with Gasteiger partial charge in [0, 0.05) is 6.07 Å². The van der Waals surface area contributed by atoms with Crippen molar-refractivity contribution >= 4 is 11.9 Å². The Morgan fingerprint density at radius 1 is 1.45 bits per heavy atom. The molecule has 1 aromatic rings. The molecule has 0 saturated heterocycles. The molecule has 0 bridgehead atoms. The number of nitrogens with zero attached hydrogens (tertiary/aromatic N) is 1. The zero-order valence-electron chi connectivity index (χ0n) is 13.4. The molecule has 6 heteroatoms. The number of amides is 1. The minimum Gasteiger partial charge on any atom is -0.480 e. The molecule has 0 spiro atoms. The van der Waals surface area contributed by atoms with Crippen molar-refractivity contribution in [1.29, 1.82) is 0 Å². The van der Waals surface area contributed by atoms with Crippen molar-refractivity contribution < 1.29 is 19.2 Å². The molecule has 1 aliphatic carbocycles. The van der Waals surface area contributed by atoms with Gasteiger partial charge in [0.05, 0.1) is 5.69 Å². The van der Waals surface area contributed by atoms with E-state index >= 15 is 0 Å². The van der Waals surface area contributed by atoms with Crippen molar-refractivity contribution in [2.45, 2.75) is 64.3 Å². The summed E-state index contributed by atoms with van der Waals surface area (Å²) in [6.45, 7) is 6.01. The van der Waals surface area contributed by atoms with Gasteiger partial charge in [-0.25, -0.2) is 4.79 Å². The van der Waals surface area contributed by atoms with Gasteiger partial charge in [0.1, 0.15) is 5.54 Å². The second-order valence-electron chi connectivity index (χ2n) is 6.46. The van der Waals surface area contributed by atoms with E-state index in [0.717, 1.165) is 19.3 Å². The van der Waals surface area contributed by atoms with E-state index in [9.17, 15) is 14.7 Å². The molecule has 1 aliphatic rings. The summed E-state index contributed by atoms with van der Waals surface area (Å²) in [4.78, 5) is 24.0. The van der Waals surface area contributed by atoms with Gasteiger partial charge in [-0.2, -0.15) is 0 Å². The van der Waals surface area contributed by atoms with Crippen LogP contribution in [-0.4, -0.2) is 27.7 Å². The van der Waals surface area contributed by atoms with Gasteiger partial charge in [0.15, 0.2) is 0 Å². The van der Waals surface area contributed by atoms with E-state index in [1.165, 1.54) is 0 Å². The van der Waals surface area contributed by atoms with E-state index in [-0.39, 0.29) is 11.7 Å². The third kappa shape index (κ3) is 3.31. The maximum absolute atomic E-state index is 12.3. The number of nitrogens with one attached hydrogen (secondary N) is 1. The molecule has 0 atom stereocenters. The number of aliphatic carboxylic acids is 1. The van der Waals surface area contributed by atoms with Gasteiger partial charge in [0.25, 0.3) is 5.91 Å². The van der Waals surface area contributed by atoms with Crippen LogP contribution in [-0.2, 0) is 4.79 Å². The lowest BCUT2D eigenvalue weighted by Gasteiger charge is -2.36. The number of rotatable bonds is 5. The van der Waals surface area contributed by atoms with Crippen LogP contribution < -0.4 is 5.32 Å². The van der Waals surface area contributed by atoms with Gasteiger partial charge in [-0.1, -0.05) is 32.3 Å². The topological polar surface area (TPSA) is 92.4 Å². The van der Waals surface area contributed by atoms with Crippen LogP contribution in [0.1, 0.15) is 75.0 Å². The number of carbonyl (C=O) groups excluding carboxylic acids is 1. The van der Waals surface area contributed by atoms with Crippen LogP contribution in [0.25, 0.3) is 0 Å². The highest BCUT2D eigenvalue weighted by Crippen LogP contribution is 2.34. The van der Waals surface area contributed by atoms with Crippen LogP contribution in [0.3, 0.4) is 0 Å². The Labute approximate surface area is 130 Å². The standard InChI is InChI=1S/C16H24N2O4/c1-4-11-5-7-16(8-6-11,15(20)21)17-14(19)13-9-12(10(2)3)18-22-13/h9-11H,4-8H2,1-3H3,(H,17,19)(H,20,21). The van der Waals surface area contributed by atoms with Crippen LogP contribution in [0.4, 0.5) is 0 Å². The van der Waals surface area contributed by atoms with Crippen LogP contribution in [0.2, 0.25) is 0 Å². The minimum absolute atomic E-state index is 0.0712. The number of hydrogen-bond acceptors (Lipinski definition) is 4.